The van der Waals surface area contributed by atoms with Crippen LogP contribution in [0.2, 0.25) is 0 Å². The number of carbonyl (C=O) groups excluding carboxylic acids is 2. The first-order valence-corrected chi connectivity index (χ1v) is 15.2. The van der Waals surface area contributed by atoms with Crippen LogP contribution in [0.1, 0.15) is 40.7 Å². The number of fused-ring (bicyclic) bond motifs is 2. The molecule has 1 N–H and O–H groups in total. The monoisotopic (exact) mass is 596 g/mol. The van der Waals surface area contributed by atoms with E-state index in [0.717, 1.165) is 40.7 Å². The largest absolute Gasteiger partial charge is 0.468 e. The first kappa shape index (κ1) is 28.7. The Balaban J connectivity index is 1.25. The molecule has 2 aliphatic rings. The van der Waals surface area contributed by atoms with Crippen LogP contribution in [0.25, 0.3) is 0 Å². The fraction of sp³-hybridized carbons (Fsp3) is 0.179. The average Bonchev–Trinajstić information content (AvgIpc) is 3.86. The minimum Gasteiger partial charge on any atom is -0.468 e. The van der Waals surface area contributed by atoms with Crippen LogP contribution < -0.4 is 10.2 Å². The zero-order chi connectivity index (χ0) is 31.0. The molecule has 1 fully saturated rings. The Labute approximate surface area is 262 Å². The summed E-state index contributed by atoms with van der Waals surface area (Å²) in [5, 5.41) is 3.75. The number of rotatable bonds is 9. The topological polar surface area (TPSA) is 58.6 Å². The summed E-state index contributed by atoms with van der Waals surface area (Å²) in [6.45, 7) is 0. The Morgan fingerprint density at radius 3 is 1.84 bits per heavy atom. The summed E-state index contributed by atoms with van der Waals surface area (Å²) in [6.07, 6.45) is 1.89. The van der Waals surface area contributed by atoms with Crippen LogP contribution in [0.4, 0.5) is 15.8 Å². The van der Waals surface area contributed by atoms with Gasteiger partial charge in [0, 0.05) is 5.69 Å². The van der Waals surface area contributed by atoms with Crippen molar-refractivity contribution in [2.24, 2.45) is 0 Å². The summed E-state index contributed by atoms with van der Waals surface area (Å²) in [7, 11) is 1.40. The first-order chi connectivity index (χ1) is 22.0. The Bertz CT molecular complexity index is 1740. The lowest BCUT2D eigenvalue weighted by molar-refractivity contribution is -0.143. The molecule has 224 valence electrons. The van der Waals surface area contributed by atoms with Crippen LogP contribution in [0, 0.1) is 5.82 Å². The normalized spacial score (nSPS) is 15.5. The number of ether oxygens (including phenoxy) is 1. The first-order valence-electron chi connectivity index (χ1n) is 15.2. The van der Waals surface area contributed by atoms with Crippen LogP contribution in [-0.2, 0) is 31.7 Å². The van der Waals surface area contributed by atoms with Crippen molar-refractivity contribution in [3.8, 4) is 0 Å². The van der Waals surface area contributed by atoms with Crippen molar-refractivity contribution >= 4 is 23.3 Å². The number of methoxy groups -OCH3 is 1. The molecule has 0 bridgehead atoms. The zero-order valence-electron chi connectivity index (χ0n) is 25.0. The van der Waals surface area contributed by atoms with E-state index < -0.39 is 17.0 Å². The molecule has 45 heavy (non-hydrogen) atoms. The van der Waals surface area contributed by atoms with Gasteiger partial charge in [-0.05, 0) is 71.3 Å². The van der Waals surface area contributed by atoms with Crippen LogP contribution in [0.5, 0.6) is 0 Å². The second-order valence-electron chi connectivity index (χ2n) is 11.8. The lowest BCUT2D eigenvalue weighted by Crippen LogP contribution is -2.53. The van der Waals surface area contributed by atoms with Gasteiger partial charge in [0.2, 0.25) is 5.91 Å². The number of hydrogen-bond acceptors (Lipinski definition) is 4. The van der Waals surface area contributed by atoms with Gasteiger partial charge in [0.1, 0.15) is 11.9 Å². The predicted molar refractivity (Wildman–Crippen MR) is 173 cm³/mol. The molecule has 6 heteroatoms. The van der Waals surface area contributed by atoms with Crippen molar-refractivity contribution in [2.75, 3.05) is 12.0 Å². The summed E-state index contributed by atoms with van der Waals surface area (Å²) >= 11 is 0. The van der Waals surface area contributed by atoms with Gasteiger partial charge in [0.25, 0.3) is 0 Å². The Morgan fingerprint density at radius 1 is 0.822 bits per heavy atom. The maximum Gasteiger partial charge on any atom is 0.323 e. The number of nitrogens with zero attached hydrogens (tertiary/aromatic N) is 1. The van der Waals surface area contributed by atoms with Crippen molar-refractivity contribution in [3.05, 3.63) is 167 Å². The molecular formula is C39H33FN2O3. The van der Waals surface area contributed by atoms with E-state index in [1.54, 1.807) is 11.0 Å². The molecule has 1 heterocycles. The number of nitrogens with one attached hydrogen (secondary N) is 1. The van der Waals surface area contributed by atoms with E-state index in [1.807, 2.05) is 78.9 Å². The molecule has 1 saturated carbocycles. The molecule has 1 aliphatic carbocycles. The van der Waals surface area contributed by atoms with Gasteiger partial charge in [-0.3, -0.25) is 19.8 Å². The predicted octanol–water partition coefficient (Wildman–Crippen LogP) is 7.20. The minimum absolute atomic E-state index is 0.0108. The molecular weight excluding hydrogens is 563 g/mol. The van der Waals surface area contributed by atoms with Crippen molar-refractivity contribution in [1.82, 2.24) is 5.32 Å². The van der Waals surface area contributed by atoms with Crippen LogP contribution in [-0.4, -0.2) is 25.0 Å². The highest BCUT2D eigenvalue weighted by atomic mass is 19.1. The number of hydrogen-bond donors (Lipinski definition) is 1. The summed E-state index contributed by atoms with van der Waals surface area (Å²) in [5.41, 5.74) is 4.63. The third kappa shape index (κ3) is 4.92. The number of esters is 1. The van der Waals surface area contributed by atoms with Gasteiger partial charge in [0.15, 0.2) is 0 Å². The zero-order valence-corrected chi connectivity index (χ0v) is 25.0. The van der Waals surface area contributed by atoms with E-state index in [2.05, 4.69) is 41.7 Å². The fourth-order valence-electron chi connectivity index (χ4n) is 6.83. The smallest absolute Gasteiger partial charge is 0.323 e. The van der Waals surface area contributed by atoms with Crippen molar-refractivity contribution in [3.63, 3.8) is 0 Å². The van der Waals surface area contributed by atoms with E-state index in [0.29, 0.717) is 17.8 Å². The van der Waals surface area contributed by atoms with E-state index in [-0.39, 0.29) is 17.7 Å². The molecule has 5 aromatic carbocycles. The maximum absolute atomic E-state index is 14.3. The van der Waals surface area contributed by atoms with Crippen molar-refractivity contribution < 1.29 is 18.7 Å². The van der Waals surface area contributed by atoms with Gasteiger partial charge in [-0.2, -0.15) is 0 Å². The second-order valence-corrected chi connectivity index (χ2v) is 11.8. The SMILES string of the molecule is COC(=O)[C@H](Cc1ccc(N2C(=O)C3(CC3)c3ccc(F)cc32)cc1)NC(c1ccccc1)(c1ccccc1)c1ccccc1. The molecule has 1 spiro atoms. The van der Waals surface area contributed by atoms with Gasteiger partial charge in [-0.1, -0.05) is 109 Å². The third-order valence-electron chi connectivity index (χ3n) is 9.21. The number of anilines is 2. The molecule has 5 nitrogen and oxygen atoms in total. The highest BCUT2D eigenvalue weighted by molar-refractivity contribution is 6.14. The van der Waals surface area contributed by atoms with Crippen LogP contribution in [0.15, 0.2) is 133 Å². The summed E-state index contributed by atoms with van der Waals surface area (Å²) in [5.74, 6) is -0.768. The highest BCUT2D eigenvalue weighted by Gasteiger charge is 2.59. The molecule has 0 saturated heterocycles. The summed E-state index contributed by atoms with van der Waals surface area (Å²) < 4.78 is 19.6. The van der Waals surface area contributed by atoms with Crippen molar-refractivity contribution in [1.29, 1.82) is 0 Å². The minimum atomic E-state index is -0.864. The van der Waals surface area contributed by atoms with E-state index in [1.165, 1.54) is 19.2 Å². The number of halogens is 1. The molecule has 1 aliphatic heterocycles. The third-order valence-corrected chi connectivity index (χ3v) is 9.21. The number of amides is 1. The molecule has 1 amide bonds. The van der Waals surface area contributed by atoms with Gasteiger partial charge < -0.3 is 4.74 Å². The highest BCUT2D eigenvalue weighted by Crippen LogP contribution is 2.59. The van der Waals surface area contributed by atoms with Gasteiger partial charge >= 0.3 is 5.97 Å². The molecule has 5 aromatic rings. The molecule has 0 unspecified atom stereocenters. The maximum atomic E-state index is 14.3. The summed E-state index contributed by atoms with van der Waals surface area (Å²) in [4.78, 5) is 28.7. The van der Waals surface area contributed by atoms with Gasteiger partial charge in [-0.15, -0.1) is 0 Å². The Morgan fingerprint density at radius 2 is 1.36 bits per heavy atom. The standard InChI is InChI=1S/C39H33FN2O3/c1-45-36(43)34(41-39(28-11-5-2-6-12-28,29-13-7-3-8-14-29)30-15-9-4-10-16-30)25-27-17-20-32(21-18-27)42-35-26-31(40)19-22-33(35)38(23-24-38)37(42)44/h2-22,26,34,41H,23-25H2,1H3/t34-/m0/s1. The molecule has 0 radical (unpaired) electrons. The molecule has 0 aromatic heterocycles. The van der Waals surface area contributed by atoms with Crippen molar-refractivity contribution in [2.45, 2.75) is 36.3 Å². The van der Waals surface area contributed by atoms with E-state index >= 15 is 0 Å². The quantitative estimate of drug-likeness (QED) is 0.144. The Hall–Kier alpha value is -5.07. The second kappa shape index (κ2) is 11.5. The number of carbonyl (C=O) groups is 2. The van der Waals surface area contributed by atoms with Crippen LogP contribution in [0.3, 0.4) is 0 Å². The summed E-state index contributed by atoms with van der Waals surface area (Å²) in [6, 6.07) is 41.8. The molecule has 1 atom stereocenters. The van der Waals surface area contributed by atoms with E-state index in [4.69, 9.17) is 4.74 Å². The average molecular weight is 597 g/mol. The van der Waals surface area contributed by atoms with Gasteiger partial charge in [-0.25, -0.2) is 4.39 Å². The number of benzene rings is 5. The molecule has 7 rings (SSSR count). The Kier molecular flexibility index (Phi) is 7.30. The lowest BCUT2D eigenvalue weighted by Gasteiger charge is -2.39. The van der Waals surface area contributed by atoms with Crippen LogP contribution >= 0.6 is 0 Å². The lowest BCUT2D eigenvalue weighted by atomic mass is 9.76. The fourth-order valence-corrected chi connectivity index (χ4v) is 6.83. The van der Waals surface area contributed by atoms with E-state index in [9.17, 15) is 14.0 Å². The van der Waals surface area contributed by atoms with Gasteiger partial charge in [0.05, 0.1) is 23.8 Å².